The molecule has 0 bridgehead atoms. The van der Waals surface area contributed by atoms with Crippen molar-refractivity contribution < 1.29 is 18.7 Å². The molecule has 1 aromatic heterocycles. The Hall–Kier alpha value is -3.33. The molecular weight excluding hydrogens is 368 g/mol. The standard InChI is InChI=1S/C18H14N4O4S/c23-16(12-4-2-1-3-5-12)20-19-8-9-27-18-22-21-17(26-18)13-6-7-14-15(10-13)25-11-24-14/h1-8,10H,9,11H2,(H,20,23)/b19-8+. The zero-order valence-electron chi connectivity index (χ0n) is 14.0. The van der Waals surface area contributed by atoms with Crippen molar-refractivity contribution in [2.24, 2.45) is 5.10 Å². The van der Waals surface area contributed by atoms with Gasteiger partial charge in [0.15, 0.2) is 11.5 Å². The third kappa shape index (κ3) is 4.09. The van der Waals surface area contributed by atoms with Gasteiger partial charge in [-0.05, 0) is 30.3 Å². The van der Waals surface area contributed by atoms with Gasteiger partial charge in [-0.2, -0.15) is 5.10 Å². The van der Waals surface area contributed by atoms with Crippen molar-refractivity contribution in [3.63, 3.8) is 0 Å². The van der Waals surface area contributed by atoms with Crippen LogP contribution in [0.25, 0.3) is 11.5 Å². The smallest absolute Gasteiger partial charge is 0.277 e. The number of amides is 1. The maximum Gasteiger partial charge on any atom is 0.277 e. The summed E-state index contributed by atoms with van der Waals surface area (Å²) in [7, 11) is 0. The summed E-state index contributed by atoms with van der Waals surface area (Å²) in [6, 6.07) is 14.3. The molecule has 27 heavy (non-hydrogen) atoms. The molecule has 0 fully saturated rings. The van der Waals surface area contributed by atoms with Gasteiger partial charge in [0.1, 0.15) is 0 Å². The van der Waals surface area contributed by atoms with Crippen molar-refractivity contribution >= 4 is 23.9 Å². The fourth-order valence-electron chi connectivity index (χ4n) is 2.32. The highest BCUT2D eigenvalue weighted by molar-refractivity contribution is 7.99. The predicted octanol–water partition coefficient (Wildman–Crippen LogP) is 2.97. The van der Waals surface area contributed by atoms with E-state index in [0.29, 0.717) is 33.9 Å². The molecule has 0 unspecified atom stereocenters. The maximum atomic E-state index is 11.8. The highest BCUT2D eigenvalue weighted by atomic mass is 32.2. The van der Waals surface area contributed by atoms with Gasteiger partial charge in [0.05, 0.1) is 0 Å². The normalized spacial score (nSPS) is 12.4. The van der Waals surface area contributed by atoms with E-state index in [1.54, 1.807) is 42.6 Å². The minimum Gasteiger partial charge on any atom is -0.454 e. The van der Waals surface area contributed by atoms with Crippen molar-refractivity contribution in [1.82, 2.24) is 15.6 Å². The van der Waals surface area contributed by atoms with Crippen LogP contribution in [0.3, 0.4) is 0 Å². The molecule has 1 aliphatic heterocycles. The van der Waals surface area contributed by atoms with E-state index < -0.39 is 0 Å². The number of nitrogens with one attached hydrogen (secondary N) is 1. The van der Waals surface area contributed by atoms with E-state index >= 15 is 0 Å². The molecule has 0 saturated carbocycles. The molecule has 0 spiro atoms. The number of benzene rings is 2. The predicted molar refractivity (Wildman–Crippen MR) is 99.0 cm³/mol. The highest BCUT2D eigenvalue weighted by Crippen LogP contribution is 2.35. The average Bonchev–Trinajstić information content (AvgIpc) is 3.37. The molecule has 2 aromatic carbocycles. The van der Waals surface area contributed by atoms with Gasteiger partial charge in [0.2, 0.25) is 12.7 Å². The number of hydrogen-bond acceptors (Lipinski definition) is 8. The molecule has 0 radical (unpaired) electrons. The van der Waals surface area contributed by atoms with Crippen molar-refractivity contribution in [2.45, 2.75) is 5.22 Å². The van der Waals surface area contributed by atoms with Crippen LogP contribution < -0.4 is 14.9 Å². The summed E-state index contributed by atoms with van der Waals surface area (Å²) < 4.78 is 16.2. The Morgan fingerprint density at radius 2 is 2.00 bits per heavy atom. The zero-order chi connectivity index (χ0) is 18.5. The van der Waals surface area contributed by atoms with Gasteiger partial charge in [-0.25, -0.2) is 5.43 Å². The van der Waals surface area contributed by atoms with Crippen molar-refractivity contribution in [1.29, 1.82) is 0 Å². The van der Waals surface area contributed by atoms with E-state index in [9.17, 15) is 4.79 Å². The third-order valence-corrected chi connectivity index (χ3v) is 4.33. The fraction of sp³-hybridized carbons (Fsp3) is 0.111. The molecule has 0 aliphatic carbocycles. The summed E-state index contributed by atoms with van der Waals surface area (Å²) in [5.74, 6) is 1.95. The second kappa shape index (κ2) is 7.92. The topological polar surface area (TPSA) is 98.8 Å². The molecule has 3 aromatic rings. The molecule has 9 heteroatoms. The van der Waals surface area contributed by atoms with Crippen LogP contribution in [0.15, 0.2) is 63.3 Å². The Balaban J connectivity index is 1.29. The number of hydrazone groups is 1. The molecular formula is C18H14N4O4S. The molecule has 0 saturated heterocycles. The van der Waals surface area contributed by atoms with Crippen molar-refractivity contribution in [3.05, 3.63) is 54.1 Å². The highest BCUT2D eigenvalue weighted by Gasteiger charge is 2.16. The van der Waals surface area contributed by atoms with Gasteiger partial charge in [-0.1, -0.05) is 30.0 Å². The Labute approximate surface area is 158 Å². The minimum atomic E-state index is -0.264. The first-order valence-electron chi connectivity index (χ1n) is 8.03. The third-order valence-electron chi connectivity index (χ3n) is 3.60. The van der Waals surface area contributed by atoms with Crippen LogP contribution in [-0.2, 0) is 0 Å². The van der Waals surface area contributed by atoms with Crippen LogP contribution in [0.2, 0.25) is 0 Å². The summed E-state index contributed by atoms with van der Waals surface area (Å²) in [4.78, 5) is 11.8. The van der Waals surface area contributed by atoms with E-state index in [-0.39, 0.29) is 12.7 Å². The minimum absolute atomic E-state index is 0.212. The van der Waals surface area contributed by atoms with Crippen LogP contribution in [0.4, 0.5) is 0 Å². The van der Waals surface area contributed by atoms with E-state index in [1.807, 2.05) is 12.1 Å². The molecule has 8 nitrogen and oxygen atoms in total. The number of carbonyl (C=O) groups is 1. The lowest BCUT2D eigenvalue weighted by molar-refractivity contribution is 0.0955. The molecule has 1 amide bonds. The van der Waals surface area contributed by atoms with E-state index in [0.717, 1.165) is 5.56 Å². The van der Waals surface area contributed by atoms with Gasteiger partial charge >= 0.3 is 0 Å². The number of thioether (sulfide) groups is 1. The summed E-state index contributed by atoms with van der Waals surface area (Å²) in [6.45, 7) is 0.212. The average molecular weight is 382 g/mol. The molecule has 136 valence electrons. The lowest BCUT2D eigenvalue weighted by Gasteiger charge is -1.98. The number of ether oxygens (including phenoxy) is 2. The lowest BCUT2D eigenvalue weighted by atomic mass is 10.2. The van der Waals surface area contributed by atoms with E-state index in [2.05, 4.69) is 20.7 Å². The summed E-state index contributed by atoms with van der Waals surface area (Å²) >= 11 is 1.31. The maximum absolute atomic E-state index is 11.8. The van der Waals surface area contributed by atoms with Gasteiger partial charge in [0, 0.05) is 23.1 Å². The van der Waals surface area contributed by atoms with Gasteiger partial charge in [-0.3, -0.25) is 4.79 Å². The van der Waals surface area contributed by atoms with Gasteiger partial charge in [0.25, 0.3) is 11.1 Å². The number of hydrogen-bond donors (Lipinski definition) is 1. The Morgan fingerprint density at radius 3 is 2.89 bits per heavy atom. The van der Waals surface area contributed by atoms with Gasteiger partial charge < -0.3 is 13.9 Å². The summed E-state index contributed by atoms with van der Waals surface area (Å²) in [5.41, 5.74) is 3.77. The second-order valence-corrected chi connectivity index (χ2v) is 6.34. The van der Waals surface area contributed by atoms with Crippen LogP contribution in [0.1, 0.15) is 10.4 Å². The quantitative estimate of drug-likeness (QED) is 0.397. The molecule has 1 aliphatic rings. The molecule has 2 heterocycles. The number of nitrogens with zero attached hydrogens (tertiary/aromatic N) is 3. The monoisotopic (exact) mass is 382 g/mol. The number of fused-ring (bicyclic) bond motifs is 1. The van der Waals surface area contributed by atoms with E-state index in [1.165, 1.54) is 11.8 Å². The molecule has 0 atom stereocenters. The first-order chi connectivity index (χ1) is 13.3. The SMILES string of the molecule is O=C(N/N=C/CSc1nnc(-c2ccc3c(c2)OCO3)o1)c1ccccc1. The largest absolute Gasteiger partial charge is 0.454 e. The summed E-state index contributed by atoms with van der Waals surface area (Å²) in [6.07, 6.45) is 1.57. The number of carbonyl (C=O) groups excluding carboxylic acids is 1. The van der Waals surface area contributed by atoms with Crippen LogP contribution in [-0.4, -0.2) is 34.9 Å². The second-order valence-electron chi connectivity index (χ2n) is 5.37. The van der Waals surface area contributed by atoms with Crippen LogP contribution >= 0.6 is 11.8 Å². The summed E-state index contributed by atoms with van der Waals surface area (Å²) in [5, 5.41) is 12.3. The van der Waals surface area contributed by atoms with Crippen LogP contribution in [0.5, 0.6) is 11.5 Å². The molecule has 4 rings (SSSR count). The zero-order valence-corrected chi connectivity index (χ0v) is 14.8. The molecule has 1 N–H and O–H groups in total. The first-order valence-corrected chi connectivity index (χ1v) is 9.01. The number of rotatable bonds is 6. The van der Waals surface area contributed by atoms with Gasteiger partial charge in [-0.15, -0.1) is 10.2 Å². The fourth-order valence-corrected chi connectivity index (χ4v) is 2.85. The van der Waals surface area contributed by atoms with Crippen molar-refractivity contribution in [2.75, 3.05) is 12.5 Å². The Kier molecular flexibility index (Phi) is 5.01. The lowest BCUT2D eigenvalue weighted by Crippen LogP contribution is -2.17. The Morgan fingerprint density at radius 1 is 1.15 bits per heavy atom. The first kappa shape index (κ1) is 17.1. The van der Waals surface area contributed by atoms with Crippen LogP contribution in [0, 0.1) is 0 Å². The van der Waals surface area contributed by atoms with E-state index in [4.69, 9.17) is 13.9 Å². The number of aromatic nitrogens is 2. The van der Waals surface area contributed by atoms with Crippen molar-refractivity contribution in [3.8, 4) is 23.0 Å². The Bertz CT molecular complexity index is 975.